The van der Waals surface area contributed by atoms with Crippen molar-refractivity contribution in [2.75, 3.05) is 26.2 Å². The van der Waals surface area contributed by atoms with E-state index < -0.39 is 0 Å². The molecular formula is C12H24N2O. The van der Waals surface area contributed by atoms with Crippen molar-refractivity contribution >= 4 is 5.91 Å². The van der Waals surface area contributed by atoms with E-state index in [1.54, 1.807) is 0 Å². The van der Waals surface area contributed by atoms with Gasteiger partial charge in [-0.1, -0.05) is 20.3 Å². The minimum atomic E-state index is 0.323. The Hall–Kier alpha value is -0.570. The molecule has 0 radical (unpaired) electrons. The Morgan fingerprint density at radius 2 is 2.07 bits per heavy atom. The maximum Gasteiger partial charge on any atom is 0.223 e. The van der Waals surface area contributed by atoms with Crippen molar-refractivity contribution < 1.29 is 4.79 Å². The Morgan fingerprint density at radius 3 is 2.67 bits per heavy atom. The molecule has 0 spiro atoms. The van der Waals surface area contributed by atoms with Gasteiger partial charge in [0.15, 0.2) is 0 Å². The zero-order valence-corrected chi connectivity index (χ0v) is 10.1. The standard InChI is InChI=1S/C12H24N2O/c1-3-11(2)10-13-7-6-12(15)14-8-4-5-9-14/h11,13H,3-10H2,1-2H3. The molecule has 88 valence electrons. The molecule has 1 N–H and O–H groups in total. The zero-order valence-electron chi connectivity index (χ0n) is 10.1. The van der Waals surface area contributed by atoms with Crippen LogP contribution in [0.2, 0.25) is 0 Å². The number of nitrogens with one attached hydrogen (secondary N) is 1. The maximum absolute atomic E-state index is 11.6. The van der Waals surface area contributed by atoms with Gasteiger partial charge in [-0.25, -0.2) is 0 Å². The fraction of sp³-hybridized carbons (Fsp3) is 0.917. The summed E-state index contributed by atoms with van der Waals surface area (Å²) in [4.78, 5) is 13.6. The Balaban J connectivity index is 2.01. The summed E-state index contributed by atoms with van der Waals surface area (Å²) < 4.78 is 0. The van der Waals surface area contributed by atoms with Gasteiger partial charge in [0.25, 0.3) is 0 Å². The van der Waals surface area contributed by atoms with Crippen molar-refractivity contribution in [2.45, 2.75) is 39.5 Å². The molecule has 0 saturated carbocycles. The SMILES string of the molecule is CCC(C)CNCCC(=O)N1CCCC1. The van der Waals surface area contributed by atoms with Crippen molar-refractivity contribution in [2.24, 2.45) is 5.92 Å². The molecule has 1 fully saturated rings. The summed E-state index contributed by atoms with van der Waals surface area (Å²) >= 11 is 0. The second-order valence-electron chi connectivity index (χ2n) is 4.56. The molecule has 3 nitrogen and oxygen atoms in total. The molecule has 1 unspecified atom stereocenters. The number of hydrogen-bond acceptors (Lipinski definition) is 2. The van der Waals surface area contributed by atoms with Crippen molar-refractivity contribution in [3.05, 3.63) is 0 Å². The molecule has 1 heterocycles. The van der Waals surface area contributed by atoms with Crippen molar-refractivity contribution in [3.63, 3.8) is 0 Å². The van der Waals surface area contributed by atoms with E-state index >= 15 is 0 Å². The summed E-state index contributed by atoms with van der Waals surface area (Å²) in [7, 11) is 0. The van der Waals surface area contributed by atoms with Gasteiger partial charge in [-0.3, -0.25) is 4.79 Å². The van der Waals surface area contributed by atoms with Crippen LogP contribution < -0.4 is 5.32 Å². The second kappa shape index (κ2) is 6.83. The summed E-state index contributed by atoms with van der Waals surface area (Å²) in [5.41, 5.74) is 0. The fourth-order valence-electron chi connectivity index (χ4n) is 1.81. The first-order valence-corrected chi connectivity index (χ1v) is 6.22. The van der Waals surface area contributed by atoms with Crippen LogP contribution in [0, 0.1) is 5.92 Å². The lowest BCUT2D eigenvalue weighted by Crippen LogP contribution is -2.31. The largest absolute Gasteiger partial charge is 0.343 e. The summed E-state index contributed by atoms with van der Waals surface area (Å²) in [6.45, 7) is 8.24. The molecule has 3 heteroatoms. The highest BCUT2D eigenvalue weighted by Gasteiger charge is 2.16. The minimum absolute atomic E-state index is 0.323. The van der Waals surface area contributed by atoms with Gasteiger partial charge in [0.1, 0.15) is 0 Å². The average Bonchev–Trinajstić information content (AvgIpc) is 2.77. The summed E-state index contributed by atoms with van der Waals surface area (Å²) in [5.74, 6) is 1.04. The van der Waals surface area contributed by atoms with Crippen LogP contribution in [0.1, 0.15) is 39.5 Å². The number of hydrogen-bond donors (Lipinski definition) is 1. The van der Waals surface area contributed by atoms with E-state index in [0.29, 0.717) is 18.2 Å². The van der Waals surface area contributed by atoms with Gasteiger partial charge in [0, 0.05) is 26.1 Å². The van der Waals surface area contributed by atoms with Crippen molar-refractivity contribution in [1.29, 1.82) is 0 Å². The van der Waals surface area contributed by atoms with E-state index in [2.05, 4.69) is 19.2 Å². The quantitative estimate of drug-likeness (QED) is 0.679. The Bertz CT molecular complexity index is 188. The lowest BCUT2D eigenvalue weighted by molar-refractivity contribution is -0.130. The topological polar surface area (TPSA) is 32.3 Å². The Morgan fingerprint density at radius 1 is 1.40 bits per heavy atom. The number of nitrogens with zero attached hydrogens (tertiary/aromatic N) is 1. The number of amides is 1. The predicted molar refractivity (Wildman–Crippen MR) is 62.8 cm³/mol. The molecule has 1 aliphatic heterocycles. The normalized spacial score (nSPS) is 18.1. The first-order valence-electron chi connectivity index (χ1n) is 6.22. The highest BCUT2D eigenvalue weighted by molar-refractivity contribution is 5.76. The molecular weight excluding hydrogens is 188 g/mol. The van der Waals surface area contributed by atoms with E-state index in [-0.39, 0.29) is 0 Å². The first kappa shape index (κ1) is 12.5. The van der Waals surface area contributed by atoms with Crippen molar-refractivity contribution in [3.8, 4) is 0 Å². The number of carbonyl (C=O) groups is 1. The molecule has 0 aliphatic carbocycles. The number of likely N-dealkylation sites (tertiary alicyclic amines) is 1. The van der Waals surface area contributed by atoms with E-state index in [4.69, 9.17) is 0 Å². The maximum atomic E-state index is 11.6. The highest BCUT2D eigenvalue weighted by atomic mass is 16.2. The van der Waals surface area contributed by atoms with Crippen LogP contribution in [0.25, 0.3) is 0 Å². The molecule has 0 aromatic carbocycles. The van der Waals surface area contributed by atoms with Crippen LogP contribution in [0.5, 0.6) is 0 Å². The number of rotatable bonds is 6. The van der Waals surface area contributed by atoms with Crippen LogP contribution in [-0.2, 0) is 4.79 Å². The van der Waals surface area contributed by atoms with Crippen LogP contribution in [0.4, 0.5) is 0 Å². The molecule has 1 atom stereocenters. The third-order valence-corrected chi connectivity index (χ3v) is 3.16. The van der Waals surface area contributed by atoms with Gasteiger partial charge in [0.2, 0.25) is 5.91 Å². The van der Waals surface area contributed by atoms with Gasteiger partial charge in [-0.2, -0.15) is 0 Å². The average molecular weight is 212 g/mol. The van der Waals surface area contributed by atoms with Gasteiger partial charge < -0.3 is 10.2 Å². The monoisotopic (exact) mass is 212 g/mol. The second-order valence-corrected chi connectivity index (χ2v) is 4.56. The zero-order chi connectivity index (χ0) is 11.1. The molecule has 0 aromatic heterocycles. The third-order valence-electron chi connectivity index (χ3n) is 3.16. The summed E-state index contributed by atoms with van der Waals surface area (Å²) in [5, 5.41) is 3.34. The predicted octanol–water partition coefficient (Wildman–Crippen LogP) is 1.63. The summed E-state index contributed by atoms with van der Waals surface area (Å²) in [6, 6.07) is 0. The van der Waals surface area contributed by atoms with Gasteiger partial charge >= 0.3 is 0 Å². The minimum Gasteiger partial charge on any atom is -0.343 e. The van der Waals surface area contributed by atoms with E-state index in [1.807, 2.05) is 4.90 Å². The van der Waals surface area contributed by atoms with Gasteiger partial charge in [-0.05, 0) is 25.3 Å². The highest BCUT2D eigenvalue weighted by Crippen LogP contribution is 2.08. The molecule has 1 rings (SSSR count). The number of carbonyl (C=O) groups excluding carboxylic acids is 1. The van der Waals surface area contributed by atoms with Gasteiger partial charge in [-0.15, -0.1) is 0 Å². The molecule has 0 bridgehead atoms. The molecule has 0 aromatic rings. The van der Waals surface area contributed by atoms with Crippen molar-refractivity contribution in [1.82, 2.24) is 10.2 Å². The van der Waals surface area contributed by atoms with E-state index in [9.17, 15) is 4.79 Å². The molecule has 1 aliphatic rings. The van der Waals surface area contributed by atoms with Crippen LogP contribution in [0.15, 0.2) is 0 Å². The molecule has 1 amide bonds. The van der Waals surface area contributed by atoms with E-state index in [0.717, 1.165) is 26.2 Å². The van der Waals surface area contributed by atoms with Crippen LogP contribution in [-0.4, -0.2) is 37.0 Å². The van der Waals surface area contributed by atoms with Crippen LogP contribution in [0.3, 0.4) is 0 Å². The molecule has 1 saturated heterocycles. The lowest BCUT2D eigenvalue weighted by Gasteiger charge is -2.15. The Kier molecular flexibility index (Phi) is 5.69. The van der Waals surface area contributed by atoms with Gasteiger partial charge in [0.05, 0.1) is 0 Å². The first-order chi connectivity index (χ1) is 7.24. The molecule has 15 heavy (non-hydrogen) atoms. The van der Waals surface area contributed by atoms with E-state index in [1.165, 1.54) is 19.3 Å². The van der Waals surface area contributed by atoms with Crippen LogP contribution >= 0.6 is 0 Å². The Labute approximate surface area is 93.2 Å². The lowest BCUT2D eigenvalue weighted by atomic mass is 10.1. The smallest absolute Gasteiger partial charge is 0.223 e. The third kappa shape index (κ3) is 4.65. The fourth-order valence-corrected chi connectivity index (χ4v) is 1.81. The summed E-state index contributed by atoms with van der Waals surface area (Å²) in [6.07, 6.45) is 4.24.